The quantitative estimate of drug-likeness (QED) is 0.851. The molecule has 1 atom stereocenters. The molecule has 2 aliphatic rings. The number of hydrogen-bond acceptors (Lipinski definition) is 6. The first-order valence-electron chi connectivity index (χ1n) is 9.71. The van der Waals surface area contributed by atoms with Crippen molar-refractivity contribution in [2.45, 2.75) is 46.2 Å². The van der Waals surface area contributed by atoms with Gasteiger partial charge in [-0.1, -0.05) is 5.16 Å². The summed E-state index contributed by atoms with van der Waals surface area (Å²) >= 11 is 1.70. The van der Waals surface area contributed by atoms with Gasteiger partial charge in [-0.3, -0.25) is 9.69 Å². The molecular weight excluding hydrogens is 362 g/mol. The zero-order chi connectivity index (χ0) is 18.8. The van der Waals surface area contributed by atoms with Crippen LogP contribution in [0.25, 0.3) is 0 Å². The summed E-state index contributed by atoms with van der Waals surface area (Å²) in [6, 6.07) is 0. The number of ether oxygens (including phenoxy) is 1. The Bertz CT molecular complexity index is 788. The first-order valence-corrected chi connectivity index (χ1v) is 10.6. The zero-order valence-electron chi connectivity index (χ0n) is 16.0. The van der Waals surface area contributed by atoms with Gasteiger partial charge in [-0.2, -0.15) is 0 Å². The Morgan fingerprint density at radius 3 is 3.07 bits per heavy atom. The number of aromatic nitrogens is 1. The fourth-order valence-corrected chi connectivity index (χ4v) is 5.08. The van der Waals surface area contributed by atoms with E-state index in [0.717, 1.165) is 69.1 Å². The number of rotatable bonds is 5. The Hall–Kier alpha value is -1.70. The van der Waals surface area contributed by atoms with Crippen LogP contribution in [0.2, 0.25) is 0 Å². The highest BCUT2D eigenvalue weighted by Gasteiger charge is 2.25. The summed E-state index contributed by atoms with van der Waals surface area (Å²) < 4.78 is 10.8. The topological polar surface area (TPSA) is 67.6 Å². The molecule has 7 heteroatoms. The van der Waals surface area contributed by atoms with E-state index in [2.05, 4.69) is 15.4 Å². The van der Waals surface area contributed by atoms with Gasteiger partial charge >= 0.3 is 0 Å². The lowest BCUT2D eigenvalue weighted by Gasteiger charge is -2.27. The molecule has 1 amide bonds. The average molecular weight is 390 g/mol. The minimum Gasteiger partial charge on any atom is -0.381 e. The van der Waals surface area contributed by atoms with E-state index in [1.54, 1.807) is 11.3 Å². The van der Waals surface area contributed by atoms with E-state index >= 15 is 0 Å². The summed E-state index contributed by atoms with van der Waals surface area (Å²) in [7, 11) is 0. The third kappa shape index (κ3) is 4.10. The number of amides is 1. The van der Waals surface area contributed by atoms with Crippen LogP contribution in [0.3, 0.4) is 0 Å². The van der Waals surface area contributed by atoms with E-state index in [0.29, 0.717) is 12.5 Å². The van der Waals surface area contributed by atoms with Crippen molar-refractivity contribution in [3.8, 4) is 0 Å². The molecule has 27 heavy (non-hydrogen) atoms. The van der Waals surface area contributed by atoms with Gasteiger partial charge in [0.15, 0.2) is 0 Å². The second kappa shape index (κ2) is 8.12. The van der Waals surface area contributed by atoms with Gasteiger partial charge < -0.3 is 14.6 Å². The van der Waals surface area contributed by atoms with Crippen molar-refractivity contribution >= 4 is 17.2 Å². The average Bonchev–Trinajstić information content (AvgIpc) is 3.25. The van der Waals surface area contributed by atoms with Crippen LogP contribution in [-0.4, -0.2) is 42.3 Å². The number of thiophene rings is 1. The first kappa shape index (κ1) is 18.7. The van der Waals surface area contributed by atoms with Gasteiger partial charge in [-0.15, -0.1) is 11.3 Å². The summed E-state index contributed by atoms with van der Waals surface area (Å²) in [5.41, 5.74) is 4.25. The van der Waals surface area contributed by atoms with E-state index in [1.165, 1.54) is 16.0 Å². The van der Waals surface area contributed by atoms with Gasteiger partial charge in [0.05, 0.1) is 17.9 Å². The molecule has 0 saturated carbocycles. The molecule has 2 aromatic heterocycles. The number of hydrogen-bond donors (Lipinski definition) is 1. The lowest BCUT2D eigenvalue weighted by atomic mass is 10.0. The molecule has 2 aliphatic heterocycles. The summed E-state index contributed by atoms with van der Waals surface area (Å²) in [6.07, 6.45) is 3.14. The molecular formula is C20H27N3O3S. The van der Waals surface area contributed by atoms with Crippen molar-refractivity contribution in [1.29, 1.82) is 0 Å². The molecule has 0 bridgehead atoms. The minimum atomic E-state index is 0.0669. The monoisotopic (exact) mass is 389 g/mol. The van der Waals surface area contributed by atoms with Gasteiger partial charge in [0, 0.05) is 48.6 Å². The number of nitrogens with one attached hydrogen (secondary N) is 1. The molecule has 0 aromatic carbocycles. The molecule has 6 nitrogen and oxygen atoms in total. The van der Waals surface area contributed by atoms with Crippen LogP contribution in [-0.2, 0) is 24.2 Å². The molecule has 1 fully saturated rings. The normalized spacial score (nSPS) is 20.4. The van der Waals surface area contributed by atoms with Crippen molar-refractivity contribution in [3.63, 3.8) is 0 Å². The number of aryl methyl sites for hydroxylation is 2. The van der Waals surface area contributed by atoms with Crippen LogP contribution in [0.4, 0.5) is 0 Å². The first-order chi connectivity index (χ1) is 13.1. The molecule has 0 spiro atoms. The highest BCUT2D eigenvalue weighted by atomic mass is 32.1. The van der Waals surface area contributed by atoms with E-state index in [9.17, 15) is 4.79 Å². The Labute approximate surface area is 163 Å². The van der Waals surface area contributed by atoms with Crippen molar-refractivity contribution in [3.05, 3.63) is 38.4 Å². The van der Waals surface area contributed by atoms with E-state index < -0.39 is 0 Å². The Balaban J connectivity index is 1.37. The molecule has 146 valence electrons. The summed E-state index contributed by atoms with van der Waals surface area (Å²) in [6.45, 7) is 8.97. The molecule has 1 N–H and O–H groups in total. The summed E-state index contributed by atoms with van der Waals surface area (Å²) in [4.78, 5) is 16.4. The van der Waals surface area contributed by atoms with Crippen molar-refractivity contribution in [2.75, 3.05) is 26.3 Å². The number of carbonyl (C=O) groups excluding carboxylic acids is 1. The number of fused-ring (bicyclic) bond motifs is 1. The van der Waals surface area contributed by atoms with Crippen LogP contribution < -0.4 is 5.32 Å². The smallest absolute Gasteiger partial charge is 0.252 e. The molecule has 4 rings (SSSR count). The fraction of sp³-hybridized carbons (Fsp3) is 0.600. The molecule has 1 unspecified atom stereocenters. The third-order valence-corrected chi connectivity index (χ3v) is 6.65. The highest BCUT2D eigenvalue weighted by molar-refractivity contribution is 7.10. The van der Waals surface area contributed by atoms with E-state index in [-0.39, 0.29) is 5.91 Å². The predicted octanol–water partition coefficient (Wildman–Crippen LogP) is 3.07. The van der Waals surface area contributed by atoms with Crippen LogP contribution in [0.5, 0.6) is 0 Å². The standard InChI is InChI=1S/C20H27N3O3S/c1-13-17(14(2)26-22-13)9-23-6-5-16-18(12-27-19(16)10-23)20(24)21-8-15-4-3-7-25-11-15/h12,15H,3-11H2,1-2H3,(H,21,24). The van der Waals surface area contributed by atoms with E-state index in [1.807, 2.05) is 19.2 Å². The maximum Gasteiger partial charge on any atom is 0.252 e. The second-order valence-corrected chi connectivity index (χ2v) is 8.57. The van der Waals surface area contributed by atoms with Gasteiger partial charge in [0.1, 0.15) is 5.76 Å². The SMILES string of the molecule is Cc1noc(C)c1CN1CCc2c(C(=O)NCC3CCCOC3)csc2C1. The Kier molecular flexibility index (Phi) is 5.61. The number of carbonyl (C=O) groups is 1. The van der Waals surface area contributed by atoms with Crippen LogP contribution in [0.1, 0.15) is 50.7 Å². The zero-order valence-corrected chi connectivity index (χ0v) is 16.9. The molecule has 0 radical (unpaired) electrons. The van der Waals surface area contributed by atoms with Crippen molar-refractivity contribution < 1.29 is 14.1 Å². The Morgan fingerprint density at radius 1 is 1.44 bits per heavy atom. The minimum absolute atomic E-state index is 0.0669. The second-order valence-electron chi connectivity index (χ2n) is 7.61. The van der Waals surface area contributed by atoms with Gasteiger partial charge in [-0.25, -0.2) is 0 Å². The lowest BCUT2D eigenvalue weighted by Crippen LogP contribution is -2.34. The van der Waals surface area contributed by atoms with Gasteiger partial charge in [0.25, 0.3) is 5.91 Å². The largest absolute Gasteiger partial charge is 0.381 e. The van der Waals surface area contributed by atoms with Crippen LogP contribution in [0, 0.1) is 19.8 Å². The Morgan fingerprint density at radius 2 is 2.33 bits per heavy atom. The van der Waals surface area contributed by atoms with Crippen molar-refractivity contribution in [2.24, 2.45) is 5.92 Å². The maximum atomic E-state index is 12.7. The van der Waals surface area contributed by atoms with Gasteiger partial charge in [0.2, 0.25) is 0 Å². The maximum absolute atomic E-state index is 12.7. The summed E-state index contributed by atoms with van der Waals surface area (Å²) in [5, 5.41) is 9.20. The van der Waals surface area contributed by atoms with Crippen LogP contribution >= 0.6 is 11.3 Å². The van der Waals surface area contributed by atoms with Crippen molar-refractivity contribution in [1.82, 2.24) is 15.4 Å². The molecule has 1 saturated heterocycles. The predicted molar refractivity (Wildman–Crippen MR) is 104 cm³/mol. The molecule has 2 aromatic rings. The molecule has 4 heterocycles. The van der Waals surface area contributed by atoms with E-state index in [4.69, 9.17) is 9.26 Å². The van der Waals surface area contributed by atoms with Gasteiger partial charge in [-0.05, 0) is 44.6 Å². The molecule has 0 aliphatic carbocycles. The number of nitrogens with zero attached hydrogens (tertiary/aromatic N) is 2. The lowest BCUT2D eigenvalue weighted by molar-refractivity contribution is 0.0536. The fourth-order valence-electron chi connectivity index (χ4n) is 3.96. The highest BCUT2D eigenvalue weighted by Crippen LogP contribution is 2.30. The van der Waals surface area contributed by atoms with Crippen LogP contribution in [0.15, 0.2) is 9.90 Å². The summed E-state index contributed by atoms with van der Waals surface area (Å²) in [5.74, 6) is 1.41. The third-order valence-electron chi connectivity index (χ3n) is 5.64.